The molecule has 1 aromatic heterocycles. The first-order valence-electron chi connectivity index (χ1n) is 3.17. The third-order valence-corrected chi connectivity index (χ3v) is 1.31. The Kier molecular flexibility index (Phi) is 2.10. The number of hydrogen-bond donors (Lipinski definition) is 1. The minimum Gasteiger partial charge on any atom is -0.359 e. The maximum absolute atomic E-state index is 11.9. The Labute approximate surface area is 66.3 Å². The van der Waals surface area contributed by atoms with Crippen LogP contribution >= 0.6 is 0 Å². The minimum absolute atomic E-state index is 0.361. The number of halogens is 3. The molecule has 1 aromatic rings. The number of aromatic nitrogens is 1. The van der Waals surface area contributed by atoms with Crippen molar-refractivity contribution in [2.24, 2.45) is 5.73 Å². The van der Waals surface area contributed by atoms with E-state index >= 15 is 0 Å². The monoisotopic (exact) mass is 180 g/mol. The summed E-state index contributed by atoms with van der Waals surface area (Å²) in [7, 11) is 0. The summed E-state index contributed by atoms with van der Waals surface area (Å²) in [5.74, 6) is -0.361. The molecule has 0 unspecified atom stereocenters. The molecule has 0 saturated carbocycles. The van der Waals surface area contributed by atoms with E-state index < -0.39 is 12.2 Å². The van der Waals surface area contributed by atoms with E-state index in [1.54, 1.807) is 0 Å². The Morgan fingerprint density at radius 3 is 2.50 bits per heavy atom. The largest absolute Gasteiger partial charge is 0.410 e. The van der Waals surface area contributed by atoms with Crippen molar-refractivity contribution in [3.63, 3.8) is 0 Å². The van der Waals surface area contributed by atoms with Crippen LogP contribution in [-0.4, -0.2) is 11.3 Å². The van der Waals surface area contributed by atoms with Gasteiger partial charge < -0.3 is 10.3 Å². The topological polar surface area (TPSA) is 52.0 Å². The molecule has 0 saturated heterocycles. The van der Waals surface area contributed by atoms with E-state index in [0.717, 1.165) is 6.07 Å². The SMILES string of the molecule is Cc1cc([C@H](N)C(F)(F)F)on1. The highest BCUT2D eigenvalue weighted by Gasteiger charge is 2.40. The van der Waals surface area contributed by atoms with Crippen molar-refractivity contribution in [1.82, 2.24) is 5.16 Å². The minimum atomic E-state index is -4.48. The van der Waals surface area contributed by atoms with E-state index in [0.29, 0.717) is 5.69 Å². The fourth-order valence-corrected chi connectivity index (χ4v) is 0.691. The van der Waals surface area contributed by atoms with Gasteiger partial charge in [-0.15, -0.1) is 0 Å². The number of hydrogen-bond acceptors (Lipinski definition) is 3. The standard InChI is InChI=1S/C6H7F3N2O/c1-3-2-4(12-11-3)5(10)6(7,8)9/h2,5H,10H2,1H3/t5-/m0/s1. The Morgan fingerprint density at radius 2 is 2.17 bits per heavy atom. The van der Waals surface area contributed by atoms with Gasteiger partial charge in [0.25, 0.3) is 0 Å². The summed E-state index contributed by atoms with van der Waals surface area (Å²) in [4.78, 5) is 0. The predicted molar refractivity (Wildman–Crippen MR) is 34.2 cm³/mol. The maximum Gasteiger partial charge on any atom is 0.410 e. The van der Waals surface area contributed by atoms with Crippen LogP contribution in [0, 0.1) is 6.92 Å². The van der Waals surface area contributed by atoms with Crippen molar-refractivity contribution < 1.29 is 17.7 Å². The molecular weight excluding hydrogens is 173 g/mol. The highest BCUT2D eigenvalue weighted by molar-refractivity contribution is 5.08. The normalized spacial score (nSPS) is 14.8. The third-order valence-electron chi connectivity index (χ3n) is 1.31. The summed E-state index contributed by atoms with van der Waals surface area (Å²) in [6.07, 6.45) is -4.48. The van der Waals surface area contributed by atoms with Gasteiger partial charge in [-0.1, -0.05) is 5.16 Å². The number of nitrogens with zero attached hydrogens (tertiary/aromatic N) is 1. The Bertz CT molecular complexity index is 268. The van der Waals surface area contributed by atoms with E-state index in [1.165, 1.54) is 6.92 Å². The van der Waals surface area contributed by atoms with Crippen LogP contribution in [0.1, 0.15) is 17.5 Å². The molecule has 3 nitrogen and oxygen atoms in total. The molecule has 0 amide bonds. The van der Waals surface area contributed by atoms with Gasteiger partial charge in [0.2, 0.25) is 0 Å². The van der Waals surface area contributed by atoms with Crippen molar-refractivity contribution in [1.29, 1.82) is 0 Å². The van der Waals surface area contributed by atoms with Gasteiger partial charge in [0.05, 0.1) is 5.69 Å². The lowest BCUT2D eigenvalue weighted by Gasteiger charge is -2.11. The Balaban J connectivity index is 2.85. The Hall–Kier alpha value is -1.04. The first kappa shape index (κ1) is 9.05. The molecule has 12 heavy (non-hydrogen) atoms. The Morgan fingerprint density at radius 1 is 1.58 bits per heavy atom. The van der Waals surface area contributed by atoms with Gasteiger partial charge in [-0.3, -0.25) is 0 Å². The van der Waals surface area contributed by atoms with E-state index in [9.17, 15) is 13.2 Å². The first-order valence-corrected chi connectivity index (χ1v) is 3.17. The van der Waals surface area contributed by atoms with Crippen molar-refractivity contribution >= 4 is 0 Å². The van der Waals surface area contributed by atoms with Gasteiger partial charge in [0.1, 0.15) is 0 Å². The molecule has 68 valence electrons. The van der Waals surface area contributed by atoms with Crippen LogP contribution in [-0.2, 0) is 0 Å². The van der Waals surface area contributed by atoms with E-state index in [4.69, 9.17) is 5.73 Å². The van der Waals surface area contributed by atoms with Gasteiger partial charge in [-0.2, -0.15) is 13.2 Å². The molecule has 2 N–H and O–H groups in total. The molecule has 0 aromatic carbocycles. The zero-order valence-corrected chi connectivity index (χ0v) is 6.22. The van der Waals surface area contributed by atoms with Crippen molar-refractivity contribution in [3.8, 4) is 0 Å². The average Bonchev–Trinajstić information content (AvgIpc) is 2.32. The summed E-state index contributed by atoms with van der Waals surface area (Å²) < 4.78 is 40.2. The summed E-state index contributed by atoms with van der Waals surface area (Å²) >= 11 is 0. The van der Waals surface area contributed by atoms with Gasteiger partial charge in [-0.25, -0.2) is 0 Å². The molecule has 0 aliphatic rings. The summed E-state index contributed by atoms with van der Waals surface area (Å²) in [6.45, 7) is 1.52. The average molecular weight is 180 g/mol. The van der Waals surface area contributed by atoms with Crippen LogP contribution in [0.5, 0.6) is 0 Å². The number of rotatable bonds is 1. The molecule has 0 fully saturated rings. The molecule has 0 spiro atoms. The second-order valence-electron chi connectivity index (χ2n) is 2.39. The van der Waals surface area contributed by atoms with Gasteiger partial charge >= 0.3 is 6.18 Å². The molecule has 1 rings (SSSR count). The lowest BCUT2D eigenvalue weighted by molar-refractivity contribution is -0.153. The van der Waals surface area contributed by atoms with Crippen LogP contribution in [0.3, 0.4) is 0 Å². The van der Waals surface area contributed by atoms with Crippen LogP contribution in [0.15, 0.2) is 10.6 Å². The number of nitrogens with two attached hydrogens (primary N) is 1. The lowest BCUT2D eigenvalue weighted by atomic mass is 10.2. The quantitative estimate of drug-likeness (QED) is 0.713. The van der Waals surface area contributed by atoms with Crippen LogP contribution in [0.25, 0.3) is 0 Å². The van der Waals surface area contributed by atoms with Crippen LogP contribution in [0.4, 0.5) is 13.2 Å². The predicted octanol–water partition coefficient (Wildman–Crippen LogP) is 1.55. The van der Waals surface area contributed by atoms with Crippen molar-refractivity contribution in [3.05, 3.63) is 17.5 Å². The highest BCUT2D eigenvalue weighted by atomic mass is 19.4. The lowest BCUT2D eigenvalue weighted by Crippen LogP contribution is -2.27. The summed E-state index contributed by atoms with van der Waals surface area (Å²) in [5.41, 5.74) is 5.21. The van der Waals surface area contributed by atoms with E-state index in [2.05, 4.69) is 9.68 Å². The second-order valence-corrected chi connectivity index (χ2v) is 2.39. The van der Waals surface area contributed by atoms with Crippen molar-refractivity contribution in [2.45, 2.75) is 19.1 Å². The number of aryl methyl sites for hydroxylation is 1. The molecule has 0 aliphatic heterocycles. The molecule has 1 atom stereocenters. The fourth-order valence-electron chi connectivity index (χ4n) is 0.691. The van der Waals surface area contributed by atoms with Gasteiger partial charge in [-0.05, 0) is 6.92 Å². The van der Waals surface area contributed by atoms with Crippen molar-refractivity contribution in [2.75, 3.05) is 0 Å². The molecule has 1 heterocycles. The van der Waals surface area contributed by atoms with Crippen LogP contribution < -0.4 is 5.73 Å². The molecular formula is C6H7F3N2O. The highest BCUT2D eigenvalue weighted by Crippen LogP contribution is 2.30. The van der Waals surface area contributed by atoms with Gasteiger partial charge in [0, 0.05) is 6.07 Å². The zero-order chi connectivity index (χ0) is 9.35. The van der Waals surface area contributed by atoms with E-state index in [1.807, 2.05) is 0 Å². The number of alkyl halides is 3. The van der Waals surface area contributed by atoms with E-state index in [-0.39, 0.29) is 5.76 Å². The zero-order valence-electron chi connectivity index (χ0n) is 6.22. The summed E-state index contributed by atoms with van der Waals surface area (Å²) in [5, 5.41) is 3.30. The smallest absolute Gasteiger partial charge is 0.359 e. The van der Waals surface area contributed by atoms with Crippen LogP contribution in [0.2, 0.25) is 0 Å². The molecule has 0 radical (unpaired) electrons. The molecule has 6 heteroatoms. The fraction of sp³-hybridized carbons (Fsp3) is 0.500. The summed E-state index contributed by atoms with van der Waals surface area (Å²) in [6, 6.07) is -0.920. The maximum atomic E-state index is 11.9. The van der Waals surface area contributed by atoms with Gasteiger partial charge in [0.15, 0.2) is 11.8 Å². The molecule has 0 bridgehead atoms. The molecule has 0 aliphatic carbocycles. The third kappa shape index (κ3) is 1.76. The first-order chi connectivity index (χ1) is 5.41. The second kappa shape index (κ2) is 2.78.